The molecule has 2 nitrogen and oxygen atoms in total. The van der Waals surface area contributed by atoms with Crippen molar-refractivity contribution in [3.63, 3.8) is 0 Å². The summed E-state index contributed by atoms with van der Waals surface area (Å²) in [6.07, 6.45) is 1.82. The summed E-state index contributed by atoms with van der Waals surface area (Å²) >= 11 is 6.36. The van der Waals surface area contributed by atoms with Crippen LogP contribution in [0.3, 0.4) is 0 Å². The summed E-state index contributed by atoms with van der Waals surface area (Å²) < 4.78 is 0. The van der Waals surface area contributed by atoms with Gasteiger partial charge in [0.1, 0.15) is 0 Å². The number of benzene rings is 1. The predicted molar refractivity (Wildman–Crippen MR) is 86.1 cm³/mol. The Kier molecular flexibility index (Phi) is 5.69. The van der Waals surface area contributed by atoms with E-state index in [0.717, 1.165) is 35.7 Å². The van der Waals surface area contributed by atoms with Gasteiger partial charge in [-0.2, -0.15) is 0 Å². The first-order valence-electron chi connectivity index (χ1n) is 6.98. The van der Waals surface area contributed by atoms with Gasteiger partial charge in [0, 0.05) is 30.3 Å². The number of nitrogens with zero attached hydrogens (tertiary/aromatic N) is 1. The van der Waals surface area contributed by atoms with Crippen molar-refractivity contribution in [3.8, 4) is 0 Å². The molecule has 1 atom stereocenters. The minimum atomic E-state index is 0.190. The molecule has 0 aliphatic heterocycles. The third-order valence-electron chi connectivity index (χ3n) is 3.20. The zero-order valence-electron chi connectivity index (χ0n) is 12.8. The molecule has 1 unspecified atom stereocenters. The van der Waals surface area contributed by atoms with Crippen LogP contribution in [-0.2, 0) is 6.42 Å². The Balaban J connectivity index is 2.81. The molecule has 108 valence electrons. The van der Waals surface area contributed by atoms with Gasteiger partial charge < -0.3 is 10.6 Å². The fraction of sp³-hybridized carbons (Fsp3) is 0.625. The summed E-state index contributed by atoms with van der Waals surface area (Å²) in [7, 11) is 2.11. The fourth-order valence-electron chi connectivity index (χ4n) is 2.17. The maximum Gasteiger partial charge on any atom is 0.0459 e. The highest BCUT2D eigenvalue weighted by molar-refractivity contribution is 6.31. The van der Waals surface area contributed by atoms with Crippen LogP contribution < -0.4 is 10.6 Å². The van der Waals surface area contributed by atoms with Crippen LogP contribution in [0.15, 0.2) is 18.2 Å². The van der Waals surface area contributed by atoms with E-state index in [1.165, 1.54) is 0 Å². The number of anilines is 1. The highest BCUT2D eigenvalue weighted by Crippen LogP contribution is 2.26. The van der Waals surface area contributed by atoms with Crippen molar-refractivity contribution in [2.24, 2.45) is 11.1 Å². The maximum absolute atomic E-state index is 6.36. The number of hydrogen-bond acceptors (Lipinski definition) is 2. The van der Waals surface area contributed by atoms with E-state index in [4.69, 9.17) is 17.3 Å². The molecule has 1 rings (SSSR count). The average molecular weight is 283 g/mol. The summed E-state index contributed by atoms with van der Waals surface area (Å²) in [5.74, 6) is 0. The Morgan fingerprint density at radius 2 is 1.95 bits per heavy atom. The van der Waals surface area contributed by atoms with Gasteiger partial charge in [-0.25, -0.2) is 0 Å². The molecule has 1 aromatic carbocycles. The molecule has 0 saturated heterocycles. The zero-order chi connectivity index (χ0) is 14.6. The van der Waals surface area contributed by atoms with Crippen LogP contribution in [0.25, 0.3) is 0 Å². The first kappa shape index (κ1) is 16.3. The van der Waals surface area contributed by atoms with Gasteiger partial charge in [0.05, 0.1) is 0 Å². The van der Waals surface area contributed by atoms with E-state index in [1.807, 2.05) is 6.07 Å². The lowest BCUT2D eigenvalue weighted by Crippen LogP contribution is -2.29. The fourth-order valence-corrected chi connectivity index (χ4v) is 2.42. The van der Waals surface area contributed by atoms with Gasteiger partial charge in [-0.05, 0) is 36.0 Å². The van der Waals surface area contributed by atoms with E-state index in [0.29, 0.717) is 0 Å². The van der Waals surface area contributed by atoms with Gasteiger partial charge >= 0.3 is 0 Å². The Labute approximate surface area is 122 Å². The Bertz CT molecular complexity index is 410. The lowest BCUT2D eigenvalue weighted by atomic mass is 9.96. The van der Waals surface area contributed by atoms with Crippen LogP contribution >= 0.6 is 11.6 Å². The van der Waals surface area contributed by atoms with Crippen LogP contribution in [0, 0.1) is 5.41 Å². The van der Waals surface area contributed by atoms with Gasteiger partial charge in [-0.15, -0.1) is 0 Å². The highest BCUT2D eigenvalue weighted by Gasteiger charge is 2.15. The second kappa shape index (κ2) is 6.62. The minimum absolute atomic E-state index is 0.190. The molecule has 0 bridgehead atoms. The van der Waals surface area contributed by atoms with E-state index in [1.54, 1.807) is 0 Å². The largest absolute Gasteiger partial charge is 0.374 e. The average Bonchev–Trinajstić information content (AvgIpc) is 2.29. The van der Waals surface area contributed by atoms with Crippen molar-refractivity contribution in [2.45, 2.75) is 46.6 Å². The first-order valence-corrected chi connectivity index (χ1v) is 7.36. The number of hydrogen-bond donors (Lipinski definition) is 1. The summed E-state index contributed by atoms with van der Waals surface area (Å²) in [6, 6.07) is 6.47. The molecule has 0 fully saturated rings. The number of rotatable bonds is 5. The Morgan fingerprint density at radius 1 is 1.32 bits per heavy atom. The Morgan fingerprint density at radius 3 is 2.42 bits per heavy atom. The molecule has 0 aliphatic rings. The molecular formula is C16H27ClN2. The molecule has 0 aliphatic carbocycles. The summed E-state index contributed by atoms with van der Waals surface area (Å²) in [4.78, 5) is 2.25. The molecule has 3 heteroatoms. The molecular weight excluding hydrogens is 256 g/mol. The number of nitrogens with two attached hydrogens (primary N) is 1. The van der Waals surface area contributed by atoms with Crippen molar-refractivity contribution in [2.75, 3.05) is 18.5 Å². The van der Waals surface area contributed by atoms with E-state index in [-0.39, 0.29) is 11.5 Å². The molecule has 0 amide bonds. The van der Waals surface area contributed by atoms with E-state index in [2.05, 4.69) is 51.8 Å². The van der Waals surface area contributed by atoms with Gasteiger partial charge in [0.15, 0.2) is 0 Å². The van der Waals surface area contributed by atoms with Crippen molar-refractivity contribution in [1.29, 1.82) is 0 Å². The molecule has 0 saturated carbocycles. The van der Waals surface area contributed by atoms with Crippen molar-refractivity contribution >= 4 is 17.3 Å². The first-order chi connectivity index (χ1) is 8.73. The maximum atomic E-state index is 6.36. The lowest BCUT2D eigenvalue weighted by molar-refractivity contribution is 0.419. The summed E-state index contributed by atoms with van der Waals surface area (Å²) in [6.45, 7) is 9.81. The molecule has 2 N–H and O–H groups in total. The molecule has 19 heavy (non-hydrogen) atoms. The predicted octanol–water partition coefficient (Wildman–Crippen LogP) is 4.10. The van der Waals surface area contributed by atoms with Crippen LogP contribution in [0.2, 0.25) is 5.02 Å². The second-order valence-corrected chi connectivity index (χ2v) is 6.97. The third-order valence-corrected chi connectivity index (χ3v) is 3.55. The van der Waals surface area contributed by atoms with Gasteiger partial charge in [0.2, 0.25) is 0 Å². The lowest BCUT2D eigenvalue weighted by Gasteiger charge is -2.28. The van der Waals surface area contributed by atoms with E-state index >= 15 is 0 Å². The van der Waals surface area contributed by atoms with Gasteiger partial charge in [-0.1, -0.05) is 45.4 Å². The van der Waals surface area contributed by atoms with Crippen molar-refractivity contribution < 1.29 is 0 Å². The van der Waals surface area contributed by atoms with Crippen molar-refractivity contribution in [1.82, 2.24) is 0 Å². The van der Waals surface area contributed by atoms with Crippen LogP contribution in [0.1, 0.15) is 39.7 Å². The normalized spacial score (nSPS) is 13.4. The SMILES string of the molecule is CCC(N)Cc1ccc(N(C)CC(C)(C)C)cc1Cl. The minimum Gasteiger partial charge on any atom is -0.374 e. The monoisotopic (exact) mass is 282 g/mol. The van der Waals surface area contributed by atoms with Crippen LogP contribution in [-0.4, -0.2) is 19.6 Å². The molecule has 0 radical (unpaired) electrons. The quantitative estimate of drug-likeness (QED) is 0.881. The smallest absolute Gasteiger partial charge is 0.0459 e. The summed E-state index contributed by atoms with van der Waals surface area (Å²) in [5, 5.41) is 0.821. The van der Waals surface area contributed by atoms with E-state index < -0.39 is 0 Å². The topological polar surface area (TPSA) is 29.3 Å². The van der Waals surface area contributed by atoms with Gasteiger partial charge in [0.25, 0.3) is 0 Å². The Hall–Kier alpha value is -0.730. The molecule has 0 spiro atoms. The molecule has 1 aromatic rings. The molecule has 0 heterocycles. The highest BCUT2D eigenvalue weighted by atomic mass is 35.5. The second-order valence-electron chi connectivity index (χ2n) is 6.56. The van der Waals surface area contributed by atoms with E-state index in [9.17, 15) is 0 Å². The molecule has 0 aromatic heterocycles. The van der Waals surface area contributed by atoms with Crippen LogP contribution in [0.4, 0.5) is 5.69 Å². The standard InChI is InChI=1S/C16H27ClN2/c1-6-13(18)9-12-7-8-14(10-15(12)17)19(5)11-16(2,3)4/h7-8,10,13H,6,9,11,18H2,1-5H3. The van der Waals surface area contributed by atoms with Gasteiger partial charge in [-0.3, -0.25) is 0 Å². The zero-order valence-corrected chi connectivity index (χ0v) is 13.6. The number of halogens is 1. The van der Waals surface area contributed by atoms with Crippen molar-refractivity contribution in [3.05, 3.63) is 28.8 Å². The van der Waals surface area contributed by atoms with Crippen LogP contribution in [0.5, 0.6) is 0 Å². The summed E-state index contributed by atoms with van der Waals surface area (Å²) in [5.41, 5.74) is 8.56. The third kappa shape index (κ3) is 5.42.